The SMILES string of the molecule is CCOc1cccc(N2CCN(C(=O)c3ccccc3-c3nc(C)no3)CC2)n1. The zero-order chi connectivity index (χ0) is 20.2. The van der Waals surface area contributed by atoms with Crippen LogP contribution in [0.25, 0.3) is 11.5 Å². The highest BCUT2D eigenvalue weighted by molar-refractivity contribution is 6.00. The van der Waals surface area contributed by atoms with E-state index in [4.69, 9.17) is 9.26 Å². The molecule has 8 nitrogen and oxygen atoms in total. The molecule has 4 rings (SSSR count). The number of nitrogens with zero attached hydrogens (tertiary/aromatic N) is 5. The highest BCUT2D eigenvalue weighted by atomic mass is 16.5. The first-order valence-corrected chi connectivity index (χ1v) is 9.69. The summed E-state index contributed by atoms with van der Waals surface area (Å²) in [6.45, 7) is 6.90. The standard InChI is InChI=1S/C21H23N5O3/c1-3-28-19-10-6-9-18(23-19)25-11-13-26(14-12-25)21(27)17-8-5-4-7-16(17)20-22-15(2)24-29-20/h4-10H,3,11-14H2,1-2H3. The maximum atomic E-state index is 13.2. The van der Waals surface area contributed by atoms with E-state index >= 15 is 0 Å². The van der Waals surface area contributed by atoms with Crippen LogP contribution in [0.15, 0.2) is 47.0 Å². The topological polar surface area (TPSA) is 84.6 Å². The number of benzene rings is 1. The third-order valence-corrected chi connectivity index (χ3v) is 4.81. The number of piperazine rings is 1. The fraction of sp³-hybridized carbons (Fsp3) is 0.333. The molecule has 0 radical (unpaired) electrons. The molecule has 0 atom stereocenters. The van der Waals surface area contributed by atoms with Crippen molar-refractivity contribution in [2.75, 3.05) is 37.7 Å². The summed E-state index contributed by atoms with van der Waals surface area (Å²) in [5.74, 6) is 2.35. The number of hydrogen-bond donors (Lipinski definition) is 0. The van der Waals surface area contributed by atoms with Crippen LogP contribution in [0, 0.1) is 6.92 Å². The molecule has 1 aliphatic rings. The van der Waals surface area contributed by atoms with Gasteiger partial charge in [0.25, 0.3) is 11.8 Å². The molecule has 29 heavy (non-hydrogen) atoms. The molecule has 8 heteroatoms. The van der Waals surface area contributed by atoms with Gasteiger partial charge in [-0.1, -0.05) is 23.4 Å². The molecular weight excluding hydrogens is 370 g/mol. The number of anilines is 1. The molecule has 0 saturated carbocycles. The van der Waals surface area contributed by atoms with E-state index in [1.54, 1.807) is 13.0 Å². The third-order valence-electron chi connectivity index (χ3n) is 4.81. The Morgan fingerprint density at radius 1 is 1.07 bits per heavy atom. The number of carbonyl (C=O) groups is 1. The quantitative estimate of drug-likeness (QED) is 0.659. The molecule has 2 aromatic heterocycles. The average Bonchev–Trinajstić information content (AvgIpc) is 3.20. The summed E-state index contributed by atoms with van der Waals surface area (Å²) in [6, 6.07) is 13.1. The number of aromatic nitrogens is 3. The average molecular weight is 393 g/mol. The second-order valence-electron chi connectivity index (χ2n) is 6.74. The Bertz CT molecular complexity index is 995. The van der Waals surface area contributed by atoms with Crippen LogP contribution in [-0.2, 0) is 0 Å². The highest BCUT2D eigenvalue weighted by Crippen LogP contribution is 2.24. The van der Waals surface area contributed by atoms with Crippen molar-refractivity contribution in [3.05, 3.63) is 53.9 Å². The molecule has 0 spiro atoms. The van der Waals surface area contributed by atoms with Gasteiger partial charge >= 0.3 is 0 Å². The van der Waals surface area contributed by atoms with Crippen LogP contribution in [-0.4, -0.2) is 58.7 Å². The molecule has 1 aliphatic heterocycles. The summed E-state index contributed by atoms with van der Waals surface area (Å²) in [5, 5.41) is 3.83. The van der Waals surface area contributed by atoms with Gasteiger partial charge in [0, 0.05) is 32.2 Å². The van der Waals surface area contributed by atoms with Gasteiger partial charge in [-0.3, -0.25) is 4.79 Å². The van der Waals surface area contributed by atoms with Crippen molar-refractivity contribution in [2.45, 2.75) is 13.8 Å². The molecule has 0 unspecified atom stereocenters. The van der Waals surface area contributed by atoms with Crippen molar-refractivity contribution in [3.63, 3.8) is 0 Å². The molecule has 0 bridgehead atoms. The summed E-state index contributed by atoms with van der Waals surface area (Å²) < 4.78 is 10.8. The molecule has 1 fully saturated rings. The van der Waals surface area contributed by atoms with E-state index in [1.165, 1.54) is 0 Å². The molecule has 1 aromatic carbocycles. The Morgan fingerprint density at radius 2 is 1.86 bits per heavy atom. The fourth-order valence-corrected chi connectivity index (χ4v) is 3.38. The number of hydrogen-bond acceptors (Lipinski definition) is 7. The monoisotopic (exact) mass is 393 g/mol. The lowest BCUT2D eigenvalue weighted by molar-refractivity contribution is 0.0747. The largest absolute Gasteiger partial charge is 0.478 e. The third kappa shape index (κ3) is 4.06. The lowest BCUT2D eigenvalue weighted by Gasteiger charge is -2.35. The highest BCUT2D eigenvalue weighted by Gasteiger charge is 2.26. The summed E-state index contributed by atoms with van der Waals surface area (Å²) in [5.41, 5.74) is 1.23. The first kappa shape index (κ1) is 18.9. The van der Waals surface area contributed by atoms with Crippen molar-refractivity contribution in [2.24, 2.45) is 0 Å². The van der Waals surface area contributed by atoms with Crippen molar-refractivity contribution < 1.29 is 14.1 Å². The van der Waals surface area contributed by atoms with E-state index in [1.807, 2.05) is 48.2 Å². The summed E-state index contributed by atoms with van der Waals surface area (Å²) >= 11 is 0. The molecular formula is C21H23N5O3. The molecule has 3 aromatic rings. The zero-order valence-corrected chi connectivity index (χ0v) is 16.5. The Balaban J connectivity index is 1.47. The van der Waals surface area contributed by atoms with Gasteiger partial charge in [-0.05, 0) is 32.0 Å². The fourth-order valence-electron chi connectivity index (χ4n) is 3.38. The van der Waals surface area contributed by atoms with Gasteiger partial charge in [-0.25, -0.2) is 0 Å². The minimum atomic E-state index is -0.0351. The molecule has 3 heterocycles. The first-order valence-electron chi connectivity index (χ1n) is 9.69. The number of aryl methyl sites for hydroxylation is 1. The van der Waals surface area contributed by atoms with E-state index < -0.39 is 0 Å². The summed E-state index contributed by atoms with van der Waals surface area (Å²) in [6.07, 6.45) is 0. The smallest absolute Gasteiger partial charge is 0.258 e. The minimum Gasteiger partial charge on any atom is -0.478 e. The van der Waals surface area contributed by atoms with Crippen LogP contribution in [0.3, 0.4) is 0 Å². The number of ether oxygens (including phenoxy) is 1. The minimum absolute atomic E-state index is 0.0351. The van der Waals surface area contributed by atoms with Gasteiger partial charge in [-0.2, -0.15) is 9.97 Å². The predicted molar refractivity (Wildman–Crippen MR) is 108 cm³/mol. The molecule has 1 amide bonds. The van der Waals surface area contributed by atoms with Crippen molar-refractivity contribution in [1.29, 1.82) is 0 Å². The van der Waals surface area contributed by atoms with Crippen molar-refractivity contribution >= 4 is 11.7 Å². The van der Waals surface area contributed by atoms with Gasteiger partial charge in [0.2, 0.25) is 5.88 Å². The maximum absolute atomic E-state index is 13.2. The number of rotatable bonds is 5. The Labute approximate surface area is 169 Å². The summed E-state index contributed by atoms with van der Waals surface area (Å²) in [7, 11) is 0. The van der Waals surface area contributed by atoms with Crippen molar-refractivity contribution in [1.82, 2.24) is 20.0 Å². The van der Waals surface area contributed by atoms with Crippen LogP contribution >= 0.6 is 0 Å². The van der Waals surface area contributed by atoms with Crippen LogP contribution in [0.4, 0.5) is 5.82 Å². The van der Waals surface area contributed by atoms with Crippen LogP contribution in [0.5, 0.6) is 5.88 Å². The zero-order valence-electron chi connectivity index (χ0n) is 16.5. The first-order chi connectivity index (χ1) is 14.2. The number of pyridine rings is 1. The predicted octanol–water partition coefficient (Wildman–Crippen LogP) is 2.80. The maximum Gasteiger partial charge on any atom is 0.258 e. The Morgan fingerprint density at radius 3 is 2.59 bits per heavy atom. The Kier molecular flexibility index (Phi) is 5.41. The van der Waals surface area contributed by atoms with Crippen molar-refractivity contribution in [3.8, 4) is 17.3 Å². The van der Waals surface area contributed by atoms with Crippen LogP contribution < -0.4 is 9.64 Å². The number of amides is 1. The van der Waals surface area contributed by atoms with Crippen LogP contribution in [0.2, 0.25) is 0 Å². The second-order valence-corrected chi connectivity index (χ2v) is 6.74. The molecule has 150 valence electrons. The van der Waals surface area contributed by atoms with Crippen LogP contribution in [0.1, 0.15) is 23.1 Å². The molecule has 0 aliphatic carbocycles. The lowest BCUT2D eigenvalue weighted by Crippen LogP contribution is -2.49. The van der Waals surface area contributed by atoms with Gasteiger partial charge in [0.05, 0.1) is 17.7 Å². The molecule has 0 N–H and O–H groups in total. The summed E-state index contributed by atoms with van der Waals surface area (Å²) in [4.78, 5) is 26.0. The van der Waals surface area contributed by atoms with E-state index in [0.717, 1.165) is 5.82 Å². The van der Waals surface area contributed by atoms with Gasteiger partial charge in [0.15, 0.2) is 5.82 Å². The van der Waals surface area contributed by atoms with E-state index in [0.29, 0.717) is 61.5 Å². The lowest BCUT2D eigenvalue weighted by atomic mass is 10.1. The normalized spacial score (nSPS) is 14.1. The van der Waals surface area contributed by atoms with Gasteiger partial charge in [0.1, 0.15) is 5.82 Å². The number of carbonyl (C=O) groups excluding carboxylic acids is 1. The second kappa shape index (κ2) is 8.30. The van der Waals surface area contributed by atoms with E-state index in [2.05, 4.69) is 20.0 Å². The van der Waals surface area contributed by atoms with E-state index in [9.17, 15) is 4.79 Å². The van der Waals surface area contributed by atoms with Gasteiger partial charge < -0.3 is 19.1 Å². The molecule has 1 saturated heterocycles. The van der Waals surface area contributed by atoms with Gasteiger partial charge in [-0.15, -0.1) is 0 Å². The Hall–Kier alpha value is -3.42. The van der Waals surface area contributed by atoms with E-state index in [-0.39, 0.29) is 5.91 Å².